The van der Waals surface area contributed by atoms with Gasteiger partial charge in [-0.25, -0.2) is 4.98 Å². The van der Waals surface area contributed by atoms with Crippen molar-refractivity contribution in [3.8, 4) is 0 Å². The molecule has 3 rings (SSSR count). The lowest BCUT2D eigenvalue weighted by Crippen LogP contribution is -2.23. The summed E-state index contributed by atoms with van der Waals surface area (Å²) in [5.41, 5.74) is 4.50. The molecule has 2 N–H and O–H groups in total. The van der Waals surface area contributed by atoms with Crippen LogP contribution in [0.4, 0.5) is 11.4 Å². The van der Waals surface area contributed by atoms with Gasteiger partial charge in [0.1, 0.15) is 5.69 Å². The van der Waals surface area contributed by atoms with Crippen molar-refractivity contribution < 1.29 is 4.79 Å². The first-order valence-corrected chi connectivity index (χ1v) is 7.82. The number of nitrogens with one attached hydrogen (secondary N) is 2. The lowest BCUT2D eigenvalue weighted by Gasteiger charge is -2.08. The summed E-state index contributed by atoms with van der Waals surface area (Å²) < 4.78 is 0. The molecule has 1 heterocycles. The molecule has 0 saturated heterocycles. The number of aryl methyl sites for hydroxylation is 1. The molecule has 1 aromatic heterocycles. The third-order valence-corrected chi connectivity index (χ3v) is 3.63. The van der Waals surface area contributed by atoms with Gasteiger partial charge in [-0.15, -0.1) is 0 Å². The molecule has 1 amide bonds. The Kier molecular flexibility index (Phi) is 4.87. The van der Waals surface area contributed by atoms with E-state index in [4.69, 9.17) is 0 Å². The van der Waals surface area contributed by atoms with Gasteiger partial charge in [0.2, 0.25) is 0 Å². The highest BCUT2D eigenvalue weighted by atomic mass is 16.1. The number of hydrogen-bond acceptors (Lipinski definition) is 3. The van der Waals surface area contributed by atoms with Crippen LogP contribution in [0.2, 0.25) is 0 Å². The van der Waals surface area contributed by atoms with E-state index in [1.54, 1.807) is 12.3 Å². The second-order valence-corrected chi connectivity index (χ2v) is 5.59. The standard InChI is InChI=1S/C20H19N3O/c1-15-7-9-16(10-8-15)13-22-20(24)19-12-11-18(14-21-19)23-17-5-3-2-4-6-17/h2-12,14,23H,13H2,1H3,(H,22,24). The Morgan fingerprint density at radius 1 is 0.917 bits per heavy atom. The van der Waals surface area contributed by atoms with Crippen molar-refractivity contribution in [2.75, 3.05) is 5.32 Å². The van der Waals surface area contributed by atoms with Gasteiger partial charge in [-0.05, 0) is 36.8 Å². The van der Waals surface area contributed by atoms with E-state index in [9.17, 15) is 4.79 Å². The maximum Gasteiger partial charge on any atom is 0.270 e. The molecule has 0 aliphatic carbocycles. The maximum atomic E-state index is 12.2. The maximum absolute atomic E-state index is 12.2. The van der Waals surface area contributed by atoms with Gasteiger partial charge in [0.15, 0.2) is 0 Å². The number of benzene rings is 2. The van der Waals surface area contributed by atoms with Crippen molar-refractivity contribution in [1.82, 2.24) is 10.3 Å². The number of nitrogens with zero attached hydrogens (tertiary/aromatic N) is 1. The third-order valence-electron chi connectivity index (χ3n) is 3.63. The topological polar surface area (TPSA) is 54.0 Å². The molecule has 0 spiro atoms. The molecule has 4 heteroatoms. The molecular formula is C20H19N3O. The van der Waals surface area contributed by atoms with Crippen LogP contribution in [0.5, 0.6) is 0 Å². The van der Waals surface area contributed by atoms with E-state index in [2.05, 4.69) is 15.6 Å². The number of carbonyl (C=O) groups is 1. The number of rotatable bonds is 5. The first-order chi connectivity index (χ1) is 11.7. The molecule has 2 aromatic carbocycles. The van der Waals surface area contributed by atoms with Gasteiger partial charge in [-0.3, -0.25) is 4.79 Å². The molecule has 0 atom stereocenters. The number of aromatic nitrogens is 1. The van der Waals surface area contributed by atoms with Crippen molar-refractivity contribution in [2.45, 2.75) is 13.5 Å². The van der Waals surface area contributed by atoms with Crippen LogP contribution >= 0.6 is 0 Å². The van der Waals surface area contributed by atoms with Crippen molar-refractivity contribution in [2.24, 2.45) is 0 Å². The third kappa shape index (κ3) is 4.20. The smallest absolute Gasteiger partial charge is 0.270 e. The van der Waals surface area contributed by atoms with Crippen LogP contribution < -0.4 is 10.6 Å². The predicted molar refractivity (Wildman–Crippen MR) is 96.3 cm³/mol. The van der Waals surface area contributed by atoms with Crippen LogP contribution in [0.1, 0.15) is 21.6 Å². The number of hydrogen-bond donors (Lipinski definition) is 2. The summed E-state index contributed by atoms with van der Waals surface area (Å²) in [6, 6.07) is 21.5. The van der Waals surface area contributed by atoms with Crippen molar-refractivity contribution in [3.63, 3.8) is 0 Å². The highest BCUT2D eigenvalue weighted by Gasteiger charge is 2.07. The largest absolute Gasteiger partial charge is 0.354 e. The fourth-order valence-electron chi connectivity index (χ4n) is 2.27. The summed E-state index contributed by atoms with van der Waals surface area (Å²) in [7, 11) is 0. The monoisotopic (exact) mass is 317 g/mol. The van der Waals surface area contributed by atoms with Gasteiger partial charge in [-0.1, -0.05) is 48.0 Å². The molecule has 0 unspecified atom stereocenters. The zero-order valence-electron chi connectivity index (χ0n) is 13.5. The minimum Gasteiger partial charge on any atom is -0.354 e. The van der Waals surface area contributed by atoms with Crippen LogP contribution in [-0.2, 0) is 6.54 Å². The molecule has 0 aliphatic rings. The van der Waals surface area contributed by atoms with E-state index in [-0.39, 0.29) is 5.91 Å². The predicted octanol–water partition coefficient (Wildman–Crippen LogP) is 4.06. The first kappa shape index (κ1) is 15.7. The van der Waals surface area contributed by atoms with E-state index >= 15 is 0 Å². The number of carbonyl (C=O) groups excluding carboxylic acids is 1. The molecule has 0 radical (unpaired) electrons. The average molecular weight is 317 g/mol. The van der Waals surface area contributed by atoms with Crippen LogP contribution in [0, 0.1) is 6.92 Å². The van der Waals surface area contributed by atoms with E-state index in [0.717, 1.165) is 16.9 Å². The van der Waals surface area contributed by atoms with Crippen molar-refractivity contribution in [1.29, 1.82) is 0 Å². The fraction of sp³-hybridized carbons (Fsp3) is 0.100. The van der Waals surface area contributed by atoms with Gasteiger partial charge < -0.3 is 10.6 Å². The van der Waals surface area contributed by atoms with Crippen LogP contribution in [0.25, 0.3) is 0 Å². The molecule has 0 fully saturated rings. The van der Waals surface area contributed by atoms with Crippen molar-refractivity contribution in [3.05, 3.63) is 89.7 Å². The molecule has 0 aliphatic heterocycles. The Morgan fingerprint density at radius 3 is 2.33 bits per heavy atom. The zero-order valence-corrected chi connectivity index (χ0v) is 13.5. The number of para-hydroxylation sites is 1. The summed E-state index contributed by atoms with van der Waals surface area (Å²) in [5.74, 6) is -0.179. The number of anilines is 2. The van der Waals surface area contributed by atoms with Gasteiger partial charge in [-0.2, -0.15) is 0 Å². The van der Waals surface area contributed by atoms with Gasteiger partial charge >= 0.3 is 0 Å². The van der Waals surface area contributed by atoms with E-state index in [0.29, 0.717) is 12.2 Å². The normalized spacial score (nSPS) is 10.2. The molecular weight excluding hydrogens is 298 g/mol. The summed E-state index contributed by atoms with van der Waals surface area (Å²) in [6.45, 7) is 2.53. The Hall–Kier alpha value is -3.14. The lowest BCUT2D eigenvalue weighted by atomic mass is 10.1. The minimum absolute atomic E-state index is 0.179. The highest BCUT2D eigenvalue weighted by Crippen LogP contribution is 2.15. The van der Waals surface area contributed by atoms with Gasteiger partial charge in [0.05, 0.1) is 11.9 Å². The summed E-state index contributed by atoms with van der Waals surface area (Å²) in [4.78, 5) is 16.4. The molecule has 120 valence electrons. The SMILES string of the molecule is Cc1ccc(CNC(=O)c2ccc(Nc3ccccc3)cn2)cc1. The first-order valence-electron chi connectivity index (χ1n) is 7.82. The molecule has 0 bridgehead atoms. The van der Waals surface area contributed by atoms with Crippen LogP contribution in [-0.4, -0.2) is 10.9 Å². The number of pyridine rings is 1. The lowest BCUT2D eigenvalue weighted by molar-refractivity contribution is 0.0946. The summed E-state index contributed by atoms with van der Waals surface area (Å²) >= 11 is 0. The average Bonchev–Trinajstić information content (AvgIpc) is 2.62. The zero-order chi connectivity index (χ0) is 16.8. The second-order valence-electron chi connectivity index (χ2n) is 5.59. The Bertz CT molecular complexity index is 797. The van der Waals surface area contributed by atoms with E-state index < -0.39 is 0 Å². The molecule has 24 heavy (non-hydrogen) atoms. The van der Waals surface area contributed by atoms with Gasteiger partial charge in [0.25, 0.3) is 5.91 Å². The van der Waals surface area contributed by atoms with Crippen LogP contribution in [0.3, 0.4) is 0 Å². The minimum atomic E-state index is -0.179. The van der Waals surface area contributed by atoms with Crippen molar-refractivity contribution >= 4 is 17.3 Å². The molecule has 0 saturated carbocycles. The Morgan fingerprint density at radius 2 is 1.67 bits per heavy atom. The quantitative estimate of drug-likeness (QED) is 0.746. The van der Waals surface area contributed by atoms with Crippen LogP contribution in [0.15, 0.2) is 72.9 Å². The van der Waals surface area contributed by atoms with E-state index in [1.165, 1.54) is 5.56 Å². The molecule has 4 nitrogen and oxygen atoms in total. The molecule has 3 aromatic rings. The van der Waals surface area contributed by atoms with Gasteiger partial charge in [0, 0.05) is 12.2 Å². The fourth-order valence-corrected chi connectivity index (χ4v) is 2.27. The van der Waals surface area contributed by atoms with E-state index in [1.807, 2.05) is 67.6 Å². The number of amides is 1. The summed E-state index contributed by atoms with van der Waals surface area (Å²) in [5, 5.41) is 6.12. The Labute approximate surface area is 141 Å². The summed E-state index contributed by atoms with van der Waals surface area (Å²) in [6.07, 6.45) is 1.66. The Balaban J connectivity index is 1.58. The second kappa shape index (κ2) is 7.42. The highest BCUT2D eigenvalue weighted by molar-refractivity contribution is 5.92.